The average Bonchev–Trinajstić information content (AvgIpc) is 3.24. The number of halogens is 2. The number of hydrogen-bond acceptors (Lipinski definition) is 5. The van der Waals surface area contributed by atoms with E-state index in [9.17, 15) is 14.0 Å². The van der Waals surface area contributed by atoms with Gasteiger partial charge in [-0.2, -0.15) is 10.4 Å². The number of aromatic nitrogens is 2. The van der Waals surface area contributed by atoms with E-state index in [1.165, 1.54) is 18.2 Å². The van der Waals surface area contributed by atoms with Crippen molar-refractivity contribution in [1.82, 2.24) is 14.7 Å². The number of nitrogens with zero attached hydrogens (tertiary/aromatic N) is 4. The van der Waals surface area contributed by atoms with E-state index in [1.54, 1.807) is 41.0 Å². The largest absolute Gasteiger partial charge is 0.385 e. The van der Waals surface area contributed by atoms with E-state index in [0.717, 1.165) is 0 Å². The van der Waals surface area contributed by atoms with Crippen LogP contribution in [0.2, 0.25) is 5.02 Å². The van der Waals surface area contributed by atoms with E-state index in [0.29, 0.717) is 42.1 Å². The topological polar surface area (TPSA) is 126 Å². The van der Waals surface area contributed by atoms with E-state index >= 15 is 0 Å². The van der Waals surface area contributed by atoms with Gasteiger partial charge < -0.3 is 20.7 Å². The monoisotopic (exact) mass is 496 g/mol. The Morgan fingerprint density at radius 1 is 1.31 bits per heavy atom. The molecule has 0 aliphatic carbocycles. The molecule has 0 unspecified atom stereocenters. The maximum Gasteiger partial charge on any atom is 0.322 e. The molecule has 1 aliphatic rings. The number of amides is 3. The van der Waals surface area contributed by atoms with Crippen LogP contribution in [0.15, 0.2) is 42.5 Å². The average molecular weight is 497 g/mol. The van der Waals surface area contributed by atoms with Gasteiger partial charge in [-0.05, 0) is 48.9 Å². The van der Waals surface area contributed by atoms with Crippen LogP contribution in [0.25, 0.3) is 11.3 Å². The number of nitrogens with two attached hydrogens (primary N) is 1. The van der Waals surface area contributed by atoms with Crippen molar-refractivity contribution in [2.45, 2.75) is 19.0 Å². The summed E-state index contributed by atoms with van der Waals surface area (Å²) in [6.45, 7) is 0.784. The molecule has 1 aliphatic heterocycles. The third kappa shape index (κ3) is 4.96. The van der Waals surface area contributed by atoms with Crippen LogP contribution in [-0.2, 0) is 11.3 Å². The van der Waals surface area contributed by atoms with Gasteiger partial charge in [0.25, 0.3) is 5.91 Å². The Bertz CT molecular complexity index is 1320. The van der Waals surface area contributed by atoms with E-state index < -0.39 is 11.7 Å². The Kier molecular flexibility index (Phi) is 7.00. The summed E-state index contributed by atoms with van der Waals surface area (Å²) in [5.74, 6) is -1.31. The first-order valence-electron chi connectivity index (χ1n) is 10.7. The second-order valence-electron chi connectivity index (χ2n) is 8.04. The summed E-state index contributed by atoms with van der Waals surface area (Å²) in [6, 6.07) is 11.9. The molecular formula is C24H22ClFN6O3. The fraction of sp³-hybridized carbons (Fsp3) is 0.250. The number of nitriles is 1. The van der Waals surface area contributed by atoms with Crippen molar-refractivity contribution in [2.24, 2.45) is 5.73 Å². The van der Waals surface area contributed by atoms with E-state index in [2.05, 4.69) is 10.4 Å². The fourth-order valence-electron chi connectivity index (χ4n) is 4.06. The van der Waals surface area contributed by atoms with Crippen molar-refractivity contribution in [3.63, 3.8) is 0 Å². The number of anilines is 1. The van der Waals surface area contributed by atoms with Crippen molar-refractivity contribution < 1.29 is 18.7 Å². The zero-order valence-electron chi connectivity index (χ0n) is 18.8. The second kappa shape index (κ2) is 10.1. The van der Waals surface area contributed by atoms with Crippen molar-refractivity contribution >= 4 is 29.2 Å². The molecule has 1 aromatic heterocycles. The fourth-order valence-corrected chi connectivity index (χ4v) is 4.24. The zero-order valence-corrected chi connectivity index (χ0v) is 19.6. The molecule has 180 valence electrons. The van der Waals surface area contributed by atoms with Gasteiger partial charge >= 0.3 is 6.03 Å². The summed E-state index contributed by atoms with van der Waals surface area (Å²) in [5.41, 5.74) is 8.06. The quantitative estimate of drug-likeness (QED) is 0.534. The predicted octanol–water partition coefficient (Wildman–Crippen LogP) is 3.94. The van der Waals surface area contributed by atoms with Gasteiger partial charge in [0.2, 0.25) is 0 Å². The minimum Gasteiger partial charge on any atom is -0.385 e. The van der Waals surface area contributed by atoms with Gasteiger partial charge in [-0.15, -0.1) is 0 Å². The Morgan fingerprint density at radius 2 is 2.06 bits per heavy atom. The van der Waals surface area contributed by atoms with Crippen LogP contribution >= 0.6 is 11.6 Å². The number of urea groups is 1. The molecular weight excluding hydrogens is 475 g/mol. The number of fused-ring (bicyclic) bond motifs is 1. The number of carbonyl (C=O) groups is 2. The highest BCUT2D eigenvalue weighted by molar-refractivity contribution is 6.31. The molecule has 0 radical (unpaired) electrons. The summed E-state index contributed by atoms with van der Waals surface area (Å²) in [6.07, 6.45) is 0.521. The Hall–Kier alpha value is -3.94. The number of rotatable bonds is 6. The number of ether oxygens (including phenoxy) is 1. The first kappa shape index (κ1) is 24.2. The minimum absolute atomic E-state index is 0.0752. The Balaban J connectivity index is 1.71. The van der Waals surface area contributed by atoms with Crippen molar-refractivity contribution in [3.8, 4) is 17.3 Å². The molecule has 9 nitrogen and oxygen atoms in total. The molecule has 11 heteroatoms. The van der Waals surface area contributed by atoms with Crippen molar-refractivity contribution in [1.29, 1.82) is 5.26 Å². The Morgan fingerprint density at radius 3 is 2.69 bits per heavy atom. The lowest BCUT2D eigenvalue weighted by Gasteiger charge is -2.34. The lowest BCUT2D eigenvalue weighted by atomic mass is 10.0. The Labute approximate surface area is 205 Å². The highest BCUT2D eigenvalue weighted by Gasteiger charge is 2.34. The molecule has 0 saturated carbocycles. The first-order valence-corrected chi connectivity index (χ1v) is 11.1. The smallest absolute Gasteiger partial charge is 0.322 e. The summed E-state index contributed by atoms with van der Waals surface area (Å²) in [4.78, 5) is 27.2. The van der Waals surface area contributed by atoms with Crippen LogP contribution in [-0.4, -0.2) is 46.9 Å². The van der Waals surface area contributed by atoms with Gasteiger partial charge in [-0.25, -0.2) is 9.18 Å². The molecule has 1 atom stereocenters. The number of primary amides is 1. The molecule has 35 heavy (non-hydrogen) atoms. The normalized spacial score (nSPS) is 14.8. The zero-order chi connectivity index (χ0) is 25.1. The minimum atomic E-state index is -0.721. The molecule has 3 N–H and O–H groups in total. The third-order valence-corrected chi connectivity index (χ3v) is 6.06. The number of carbonyl (C=O) groups excluding carboxylic acids is 2. The molecule has 2 heterocycles. The molecule has 3 amide bonds. The van der Waals surface area contributed by atoms with Crippen LogP contribution in [0.3, 0.4) is 0 Å². The first-order chi connectivity index (χ1) is 16.8. The van der Waals surface area contributed by atoms with Gasteiger partial charge in [-0.1, -0.05) is 11.6 Å². The van der Waals surface area contributed by atoms with E-state index in [1.807, 2.05) is 6.07 Å². The molecule has 0 bridgehead atoms. The van der Waals surface area contributed by atoms with Gasteiger partial charge in [0.05, 0.1) is 40.5 Å². The van der Waals surface area contributed by atoms with Crippen LogP contribution < -0.4 is 11.1 Å². The van der Waals surface area contributed by atoms with Crippen LogP contribution in [0.1, 0.15) is 34.1 Å². The van der Waals surface area contributed by atoms with Gasteiger partial charge in [0.15, 0.2) is 0 Å². The number of methoxy groups -OCH3 is 1. The van der Waals surface area contributed by atoms with E-state index in [-0.39, 0.29) is 34.9 Å². The number of benzene rings is 2. The molecule has 0 fully saturated rings. The second-order valence-corrected chi connectivity index (χ2v) is 8.45. The summed E-state index contributed by atoms with van der Waals surface area (Å²) < 4.78 is 20.7. The predicted molar refractivity (Wildman–Crippen MR) is 127 cm³/mol. The van der Waals surface area contributed by atoms with Gasteiger partial charge in [0.1, 0.15) is 11.5 Å². The number of nitrogens with one attached hydrogen (secondary N) is 1. The number of hydrogen-bond donors (Lipinski definition) is 2. The van der Waals surface area contributed by atoms with Crippen LogP contribution in [0, 0.1) is 17.1 Å². The van der Waals surface area contributed by atoms with Gasteiger partial charge in [0, 0.05) is 31.5 Å². The summed E-state index contributed by atoms with van der Waals surface area (Å²) in [7, 11) is 1.57. The SMILES string of the molecule is COCC[C@H]1CN(C(=O)Nc2ccc(C#N)cc2)Cc2c(C(N)=O)c(-c3ccc(F)c(Cl)c3)nn21. The molecule has 4 rings (SSSR count). The van der Waals surface area contributed by atoms with Crippen LogP contribution in [0.4, 0.5) is 14.9 Å². The maximum absolute atomic E-state index is 13.7. The summed E-state index contributed by atoms with van der Waals surface area (Å²) in [5, 5.41) is 16.3. The van der Waals surface area contributed by atoms with Crippen molar-refractivity contribution in [3.05, 3.63) is 70.1 Å². The van der Waals surface area contributed by atoms with Crippen LogP contribution in [0.5, 0.6) is 0 Å². The van der Waals surface area contributed by atoms with Gasteiger partial charge in [-0.3, -0.25) is 9.48 Å². The van der Waals surface area contributed by atoms with E-state index in [4.69, 9.17) is 27.3 Å². The lowest BCUT2D eigenvalue weighted by Crippen LogP contribution is -2.44. The third-order valence-electron chi connectivity index (χ3n) is 5.77. The van der Waals surface area contributed by atoms with Crippen molar-refractivity contribution in [2.75, 3.05) is 25.6 Å². The standard InChI is InChI=1S/C24H22ClFN6O3/c1-35-9-8-17-12-31(24(34)29-16-5-2-14(11-27)3-6-16)13-20-21(23(28)33)22(30-32(17)20)15-4-7-19(26)18(25)10-15/h2-7,10,17H,8-9,12-13H2,1H3,(H2,28,33)(H,29,34)/t17-/m0/s1. The molecule has 0 saturated heterocycles. The lowest BCUT2D eigenvalue weighted by molar-refractivity contribution is 0.0995. The molecule has 2 aromatic carbocycles. The highest BCUT2D eigenvalue weighted by atomic mass is 35.5. The maximum atomic E-state index is 13.7. The summed E-state index contributed by atoms with van der Waals surface area (Å²) >= 11 is 5.96. The highest BCUT2D eigenvalue weighted by Crippen LogP contribution is 2.34. The molecule has 3 aromatic rings. The molecule has 0 spiro atoms.